The van der Waals surface area contributed by atoms with Gasteiger partial charge in [0.15, 0.2) is 0 Å². The molecule has 0 aromatic carbocycles. The van der Waals surface area contributed by atoms with E-state index in [9.17, 15) is 9.59 Å². The van der Waals surface area contributed by atoms with Crippen molar-refractivity contribution in [3.05, 3.63) is 58.8 Å². The van der Waals surface area contributed by atoms with Gasteiger partial charge in [-0.3, -0.25) is 14.6 Å². The van der Waals surface area contributed by atoms with E-state index >= 15 is 0 Å². The van der Waals surface area contributed by atoms with Gasteiger partial charge in [-0.15, -0.1) is 0 Å². The zero-order valence-corrected chi connectivity index (χ0v) is 11.4. The van der Waals surface area contributed by atoms with Gasteiger partial charge in [-0.05, 0) is 18.2 Å². The topological polar surface area (TPSA) is 75.3 Å². The van der Waals surface area contributed by atoms with E-state index in [1.807, 2.05) is 0 Å². The van der Waals surface area contributed by atoms with Gasteiger partial charge in [-0.2, -0.15) is 0 Å². The molecule has 0 spiro atoms. The summed E-state index contributed by atoms with van der Waals surface area (Å²) in [5, 5.41) is 0. The normalized spacial score (nSPS) is 17.7. The Morgan fingerprint density at radius 1 is 1.29 bits per heavy atom. The SMILES string of the molecule is O=C(c1ccc(=O)[nH]c1)N1CCC(Oc2ccncc2)C1. The maximum Gasteiger partial charge on any atom is 0.255 e. The van der Waals surface area contributed by atoms with Crippen LogP contribution in [0.25, 0.3) is 0 Å². The number of likely N-dealkylation sites (tertiary alicyclic amines) is 1. The minimum atomic E-state index is -0.216. The molecule has 0 radical (unpaired) electrons. The summed E-state index contributed by atoms with van der Waals surface area (Å²) < 4.78 is 5.82. The molecule has 0 aliphatic carbocycles. The molecule has 1 saturated heterocycles. The number of rotatable bonds is 3. The first kappa shape index (κ1) is 13.4. The molecule has 108 valence electrons. The maximum atomic E-state index is 12.3. The summed E-state index contributed by atoms with van der Waals surface area (Å²) in [7, 11) is 0. The van der Waals surface area contributed by atoms with Crippen LogP contribution in [0.2, 0.25) is 0 Å². The number of nitrogens with zero attached hydrogens (tertiary/aromatic N) is 2. The Morgan fingerprint density at radius 3 is 2.81 bits per heavy atom. The largest absolute Gasteiger partial charge is 0.488 e. The molecular formula is C15H15N3O3. The van der Waals surface area contributed by atoms with Crippen LogP contribution in [0.5, 0.6) is 5.75 Å². The van der Waals surface area contributed by atoms with Crippen molar-refractivity contribution in [2.75, 3.05) is 13.1 Å². The number of ether oxygens (including phenoxy) is 1. The highest BCUT2D eigenvalue weighted by molar-refractivity contribution is 5.94. The molecule has 0 bridgehead atoms. The summed E-state index contributed by atoms with van der Waals surface area (Å²) in [5.41, 5.74) is 0.269. The lowest BCUT2D eigenvalue weighted by Crippen LogP contribution is -2.31. The van der Waals surface area contributed by atoms with Crippen LogP contribution in [0.4, 0.5) is 0 Å². The zero-order valence-electron chi connectivity index (χ0n) is 11.4. The number of carbonyl (C=O) groups excluding carboxylic acids is 1. The fourth-order valence-electron chi connectivity index (χ4n) is 2.34. The van der Waals surface area contributed by atoms with E-state index < -0.39 is 0 Å². The van der Waals surface area contributed by atoms with Crippen molar-refractivity contribution in [1.29, 1.82) is 0 Å². The third kappa shape index (κ3) is 3.10. The molecule has 1 atom stereocenters. The molecule has 6 heteroatoms. The summed E-state index contributed by atoms with van der Waals surface area (Å²) in [6.07, 6.45) is 5.57. The van der Waals surface area contributed by atoms with Crippen LogP contribution in [0.3, 0.4) is 0 Å². The third-order valence-corrected chi connectivity index (χ3v) is 3.42. The van der Waals surface area contributed by atoms with Crippen LogP contribution in [-0.2, 0) is 0 Å². The number of pyridine rings is 2. The average molecular weight is 285 g/mol. The van der Waals surface area contributed by atoms with Crippen LogP contribution in [0, 0.1) is 0 Å². The van der Waals surface area contributed by atoms with Crippen LogP contribution < -0.4 is 10.3 Å². The molecule has 21 heavy (non-hydrogen) atoms. The van der Waals surface area contributed by atoms with Crippen LogP contribution in [0.1, 0.15) is 16.8 Å². The van der Waals surface area contributed by atoms with Crippen molar-refractivity contribution in [3.63, 3.8) is 0 Å². The second-order valence-corrected chi connectivity index (χ2v) is 4.90. The van der Waals surface area contributed by atoms with E-state index in [2.05, 4.69) is 9.97 Å². The van der Waals surface area contributed by atoms with E-state index in [1.165, 1.54) is 18.3 Å². The number of aromatic amines is 1. The first-order valence-corrected chi connectivity index (χ1v) is 6.77. The molecular weight excluding hydrogens is 270 g/mol. The summed E-state index contributed by atoms with van der Waals surface area (Å²) in [5.74, 6) is 0.667. The van der Waals surface area contributed by atoms with E-state index in [0.717, 1.165) is 12.2 Å². The predicted octanol–water partition coefficient (Wildman–Crippen LogP) is 1.06. The highest BCUT2D eigenvalue weighted by Crippen LogP contribution is 2.18. The number of aromatic nitrogens is 2. The molecule has 6 nitrogen and oxygen atoms in total. The van der Waals surface area contributed by atoms with Gasteiger partial charge in [0.05, 0.1) is 12.1 Å². The number of hydrogen-bond acceptors (Lipinski definition) is 4. The van der Waals surface area contributed by atoms with Crippen molar-refractivity contribution in [2.45, 2.75) is 12.5 Å². The van der Waals surface area contributed by atoms with E-state index in [-0.39, 0.29) is 17.6 Å². The smallest absolute Gasteiger partial charge is 0.255 e. The van der Waals surface area contributed by atoms with Crippen LogP contribution in [-0.4, -0.2) is 40.0 Å². The van der Waals surface area contributed by atoms with E-state index in [0.29, 0.717) is 18.7 Å². The van der Waals surface area contributed by atoms with Gasteiger partial charge in [-0.1, -0.05) is 0 Å². The molecule has 3 heterocycles. The van der Waals surface area contributed by atoms with Gasteiger partial charge >= 0.3 is 0 Å². The molecule has 1 fully saturated rings. The summed E-state index contributed by atoms with van der Waals surface area (Å²) in [6.45, 7) is 1.19. The summed E-state index contributed by atoms with van der Waals surface area (Å²) >= 11 is 0. The van der Waals surface area contributed by atoms with Crippen molar-refractivity contribution < 1.29 is 9.53 Å². The lowest BCUT2D eigenvalue weighted by atomic mass is 10.2. The highest BCUT2D eigenvalue weighted by Gasteiger charge is 2.28. The second kappa shape index (κ2) is 5.78. The first-order valence-electron chi connectivity index (χ1n) is 6.77. The Hall–Kier alpha value is -2.63. The summed E-state index contributed by atoms with van der Waals surface area (Å²) in [6, 6.07) is 6.49. The van der Waals surface area contributed by atoms with Gasteiger partial charge in [-0.25, -0.2) is 0 Å². The molecule has 3 rings (SSSR count). The highest BCUT2D eigenvalue weighted by atomic mass is 16.5. The number of carbonyl (C=O) groups is 1. The Bertz CT molecular complexity index is 664. The average Bonchev–Trinajstić information content (AvgIpc) is 2.97. The summed E-state index contributed by atoms with van der Waals surface area (Å²) in [4.78, 5) is 31.5. The molecule has 1 aliphatic rings. The molecule has 2 aromatic rings. The molecule has 2 aromatic heterocycles. The molecule has 1 unspecified atom stereocenters. The lowest BCUT2D eigenvalue weighted by molar-refractivity contribution is 0.0772. The third-order valence-electron chi connectivity index (χ3n) is 3.42. The van der Waals surface area contributed by atoms with Gasteiger partial charge in [0.25, 0.3) is 5.91 Å². The van der Waals surface area contributed by atoms with Gasteiger partial charge in [0, 0.05) is 37.6 Å². The van der Waals surface area contributed by atoms with Gasteiger partial charge in [0.2, 0.25) is 5.56 Å². The van der Waals surface area contributed by atoms with E-state index in [4.69, 9.17) is 4.74 Å². The molecule has 1 N–H and O–H groups in total. The van der Waals surface area contributed by atoms with Gasteiger partial charge < -0.3 is 14.6 Å². The fourth-order valence-corrected chi connectivity index (χ4v) is 2.34. The number of hydrogen-bond donors (Lipinski definition) is 1. The molecule has 1 aliphatic heterocycles. The lowest BCUT2D eigenvalue weighted by Gasteiger charge is -2.17. The minimum Gasteiger partial charge on any atom is -0.488 e. The Balaban J connectivity index is 1.63. The predicted molar refractivity (Wildman–Crippen MR) is 76.2 cm³/mol. The number of amides is 1. The van der Waals surface area contributed by atoms with Crippen molar-refractivity contribution in [1.82, 2.24) is 14.9 Å². The Kier molecular flexibility index (Phi) is 3.68. The van der Waals surface area contributed by atoms with Crippen molar-refractivity contribution in [3.8, 4) is 5.75 Å². The molecule has 1 amide bonds. The monoisotopic (exact) mass is 285 g/mol. The number of nitrogens with one attached hydrogen (secondary N) is 1. The van der Waals surface area contributed by atoms with Crippen LogP contribution in [0.15, 0.2) is 47.7 Å². The van der Waals surface area contributed by atoms with Crippen LogP contribution >= 0.6 is 0 Å². The Morgan fingerprint density at radius 2 is 2.10 bits per heavy atom. The minimum absolute atomic E-state index is 0.0147. The van der Waals surface area contributed by atoms with E-state index in [1.54, 1.807) is 29.4 Å². The van der Waals surface area contributed by atoms with Crippen molar-refractivity contribution in [2.24, 2.45) is 0 Å². The standard InChI is InChI=1S/C15H15N3O3/c19-14-2-1-11(9-17-14)15(20)18-8-5-13(10-18)21-12-3-6-16-7-4-12/h1-4,6-7,9,13H,5,8,10H2,(H,17,19). The first-order chi connectivity index (χ1) is 10.2. The van der Waals surface area contributed by atoms with Gasteiger partial charge in [0.1, 0.15) is 11.9 Å². The fraction of sp³-hybridized carbons (Fsp3) is 0.267. The quantitative estimate of drug-likeness (QED) is 0.915. The zero-order chi connectivity index (χ0) is 14.7. The van der Waals surface area contributed by atoms with Crippen molar-refractivity contribution >= 4 is 5.91 Å². The number of H-pyrrole nitrogens is 1. The maximum absolute atomic E-state index is 12.3. The second-order valence-electron chi connectivity index (χ2n) is 4.90. The Labute approximate surface area is 121 Å². The molecule has 0 saturated carbocycles.